The molecule has 0 saturated carbocycles. The number of nitrogens with one attached hydrogen (secondary N) is 1. The summed E-state index contributed by atoms with van der Waals surface area (Å²) in [5.41, 5.74) is 1.53. The maximum Gasteiger partial charge on any atom is 0.0429 e. The highest BCUT2D eigenvalue weighted by atomic mass is 32.1. The average molecular weight is 167 g/mol. The first-order chi connectivity index (χ1) is 5.42. The molecule has 1 aromatic rings. The fraction of sp³-hybridized carbons (Fsp3) is 0.556. The SMILES string of the molecule is CCc1ccsc1C1CCN1. The van der Waals surface area contributed by atoms with Crippen molar-refractivity contribution in [2.75, 3.05) is 6.54 Å². The molecule has 1 unspecified atom stereocenters. The third-order valence-corrected chi connectivity index (χ3v) is 3.37. The lowest BCUT2D eigenvalue weighted by molar-refractivity contribution is 0.387. The van der Waals surface area contributed by atoms with Gasteiger partial charge in [0, 0.05) is 10.9 Å². The van der Waals surface area contributed by atoms with Crippen LogP contribution < -0.4 is 5.32 Å². The first kappa shape index (κ1) is 7.32. The van der Waals surface area contributed by atoms with E-state index < -0.39 is 0 Å². The minimum absolute atomic E-state index is 0.685. The second-order valence-electron chi connectivity index (χ2n) is 2.96. The molecule has 1 aliphatic rings. The van der Waals surface area contributed by atoms with Gasteiger partial charge in [-0.15, -0.1) is 11.3 Å². The van der Waals surface area contributed by atoms with E-state index in [0.29, 0.717) is 6.04 Å². The van der Waals surface area contributed by atoms with Crippen LogP contribution in [0.3, 0.4) is 0 Å². The molecule has 1 nitrogen and oxygen atoms in total. The summed E-state index contributed by atoms with van der Waals surface area (Å²) in [6.07, 6.45) is 2.50. The third kappa shape index (κ3) is 1.21. The van der Waals surface area contributed by atoms with Crippen LogP contribution in [0.1, 0.15) is 29.8 Å². The maximum atomic E-state index is 3.43. The Bertz CT molecular complexity index is 237. The summed E-state index contributed by atoms with van der Waals surface area (Å²) < 4.78 is 0. The van der Waals surface area contributed by atoms with Crippen LogP contribution in [0.2, 0.25) is 0 Å². The Morgan fingerprint density at radius 3 is 3.09 bits per heavy atom. The molecule has 0 amide bonds. The lowest BCUT2D eigenvalue weighted by atomic mass is 10.0. The summed E-state index contributed by atoms with van der Waals surface area (Å²) in [5.74, 6) is 0. The number of aryl methyl sites for hydroxylation is 1. The number of hydrogen-bond acceptors (Lipinski definition) is 2. The smallest absolute Gasteiger partial charge is 0.0429 e. The molecular weight excluding hydrogens is 154 g/mol. The van der Waals surface area contributed by atoms with Crippen molar-refractivity contribution in [1.29, 1.82) is 0 Å². The molecule has 1 saturated heterocycles. The van der Waals surface area contributed by atoms with E-state index in [2.05, 4.69) is 23.7 Å². The van der Waals surface area contributed by atoms with Crippen molar-refractivity contribution in [2.45, 2.75) is 25.8 Å². The molecule has 1 aromatic heterocycles. The van der Waals surface area contributed by atoms with Gasteiger partial charge in [-0.1, -0.05) is 6.92 Å². The lowest BCUT2D eigenvalue weighted by Crippen LogP contribution is -2.34. The molecule has 2 heterocycles. The number of thiophene rings is 1. The van der Waals surface area contributed by atoms with Crippen molar-refractivity contribution in [3.05, 3.63) is 21.9 Å². The molecule has 1 N–H and O–H groups in total. The zero-order chi connectivity index (χ0) is 7.68. The highest BCUT2D eigenvalue weighted by Gasteiger charge is 2.21. The first-order valence-electron chi connectivity index (χ1n) is 4.21. The van der Waals surface area contributed by atoms with Crippen LogP contribution in [0.4, 0.5) is 0 Å². The molecular formula is C9H13NS. The molecule has 60 valence electrons. The van der Waals surface area contributed by atoms with Crippen LogP contribution in [0.15, 0.2) is 11.4 Å². The van der Waals surface area contributed by atoms with Gasteiger partial charge in [0.1, 0.15) is 0 Å². The minimum atomic E-state index is 0.685. The van der Waals surface area contributed by atoms with Gasteiger partial charge < -0.3 is 5.32 Å². The summed E-state index contributed by atoms with van der Waals surface area (Å²) >= 11 is 1.90. The predicted molar refractivity (Wildman–Crippen MR) is 49.1 cm³/mol. The third-order valence-electron chi connectivity index (χ3n) is 2.30. The van der Waals surface area contributed by atoms with Gasteiger partial charge in [0.05, 0.1) is 0 Å². The zero-order valence-electron chi connectivity index (χ0n) is 6.76. The predicted octanol–water partition coefficient (Wildman–Crippen LogP) is 2.34. The van der Waals surface area contributed by atoms with Crippen LogP contribution in [0, 0.1) is 0 Å². The average Bonchev–Trinajstić information content (AvgIpc) is 2.32. The maximum absolute atomic E-state index is 3.43. The van der Waals surface area contributed by atoms with Crippen molar-refractivity contribution < 1.29 is 0 Å². The van der Waals surface area contributed by atoms with E-state index in [4.69, 9.17) is 0 Å². The topological polar surface area (TPSA) is 12.0 Å². The van der Waals surface area contributed by atoms with Gasteiger partial charge in [0.2, 0.25) is 0 Å². The normalized spacial score (nSPS) is 23.2. The number of rotatable bonds is 2. The Hall–Kier alpha value is -0.340. The van der Waals surface area contributed by atoms with Gasteiger partial charge in [0.25, 0.3) is 0 Å². The zero-order valence-corrected chi connectivity index (χ0v) is 7.58. The van der Waals surface area contributed by atoms with E-state index in [-0.39, 0.29) is 0 Å². The molecule has 1 atom stereocenters. The molecule has 0 radical (unpaired) electrons. The minimum Gasteiger partial charge on any atom is -0.309 e. The molecule has 2 rings (SSSR count). The highest BCUT2D eigenvalue weighted by Crippen LogP contribution is 2.30. The molecule has 11 heavy (non-hydrogen) atoms. The fourth-order valence-electron chi connectivity index (χ4n) is 1.46. The lowest BCUT2D eigenvalue weighted by Gasteiger charge is -2.27. The van der Waals surface area contributed by atoms with Gasteiger partial charge in [-0.3, -0.25) is 0 Å². The van der Waals surface area contributed by atoms with Crippen molar-refractivity contribution in [3.63, 3.8) is 0 Å². The molecule has 1 aliphatic heterocycles. The summed E-state index contributed by atoms with van der Waals surface area (Å²) in [6.45, 7) is 3.43. The Labute approximate surface area is 71.4 Å². The standard InChI is InChI=1S/C9H13NS/c1-2-7-4-6-11-9(7)8-3-5-10-8/h4,6,8,10H,2-3,5H2,1H3. The van der Waals surface area contributed by atoms with Crippen LogP contribution in [-0.2, 0) is 6.42 Å². The summed E-state index contributed by atoms with van der Waals surface area (Å²) in [7, 11) is 0. The van der Waals surface area contributed by atoms with Crippen molar-refractivity contribution in [2.24, 2.45) is 0 Å². The summed E-state index contributed by atoms with van der Waals surface area (Å²) in [4.78, 5) is 1.57. The van der Waals surface area contributed by atoms with Gasteiger partial charge in [-0.25, -0.2) is 0 Å². The van der Waals surface area contributed by atoms with Crippen LogP contribution in [-0.4, -0.2) is 6.54 Å². The first-order valence-corrected chi connectivity index (χ1v) is 5.09. The van der Waals surface area contributed by atoms with Crippen LogP contribution in [0.25, 0.3) is 0 Å². The van der Waals surface area contributed by atoms with E-state index in [0.717, 1.165) is 0 Å². The van der Waals surface area contributed by atoms with E-state index in [1.54, 1.807) is 4.88 Å². The number of hydrogen-bond donors (Lipinski definition) is 1. The largest absolute Gasteiger partial charge is 0.309 e. The van der Waals surface area contributed by atoms with E-state index in [1.807, 2.05) is 11.3 Å². The van der Waals surface area contributed by atoms with Crippen molar-refractivity contribution in [1.82, 2.24) is 5.32 Å². The summed E-state index contributed by atoms with van der Waals surface area (Å²) in [6, 6.07) is 2.94. The Balaban J connectivity index is 2.20. The van der Waals surface area contributed by atoms with E-state index in [9.17, 15) is 0 Å². The quantitative estimate of drug-likeness (QED) is 0.713. The second kappa shape index (κ2) is 2.95. The molecule has 0 bridgehead atoms. The van der Waals surface area contributed by atoms with E-state index >= 15 is 0 Å². The van der Waals surface area contributed by atoms with Gasteiger partial charge in [0.15, 0.2) is 0 Å². The molecule has 0 aromatic carbocycles. The van der Waals surface area contributed by atoms with Crippen molar-refractivity contribution >= 4 is 11.3 Å². The van der Waals surface area contributed by atoms with Crippen LogP contribution >= 0.6 is 11.3 Å². The molecule has 2 heteroatoms. The Morgan fingerprint density at radius 1 is 1.73 bits per heavy atom. The van der Waals surface area contributed by atoms with Gasteiger partial charge in [-0.2, -0.15) is 0 Å². The molecule has 0 aliphatic carbocycles. The van der Waals surface area contributed by atoms with Crippen molar-refractivity contribution in [3.8, 4) is 0 Å². The van der Waals surface area contributed by atoms with E-state index in [1.165, 1.54) is 24.9 Å². The van der Waals surface area contributed by atoms with Gasteiger partial charge in [-0.05, 0) is 36.4 Å². The fourth-order valence-corrected chi connectivity index (χ4v) is 2.57. The highest BCUT2D eigenvalue weighted by molar-refractivity contribution is 7.10. The molecule has 0 spiro atoms. The second-order valence-corrected chi connectivity index (χ2v) is 3.91. The monoisotopic (exact) mass is 167 g/mol. The summed E-state index contributed by atoms with van der Waals surface area (Å²) in [5, 5.41) is 5.64. The van der Waals surface area contributed by atoms with Gasteiger partial charge >= 0.3 is 0 Å². The van der Waals surface area contributed by atoms with Crippen LogP contribution in [0.5, 0.6) is 0 Å². The Kier molecular flexibility index (Phi) is 1.96. The molecule has 1 fully saturated rings. The Morgan fingerprint density at radius 2 is 2.55 bits per heavy atom.